The van der Waals surface area contributed by atoms with Gasteiger partial charge in [0.05, 0.1) is 0 Å². The van der Waals surface area contributed by atoms with E-state index >= 15 is 0 Å². The Morgan fingerprint density at radius 3 is 2.13 bits per heavy atom. The molecule has 0 N–H and O–H groups in total. The summed E-state index contributed by atoms with van der Waals surface area (Å²) < 4.78 is 0. The third-order valence-electron chi connectivity index (χ3n) is 4.48. The number of anilines is 1. The van der Waals surface area contributed by atoms with Gasteiger partial charge in [-0.05, 0) is 37.0 Å². The van der Waals surface area contributed by atoms with Gasteiger partial charge in [0, 0.05) is 44.7 Å². The van der Waals surface area contributed by atoms with Gasteiger partial charge < -0.3 is 14.6 Å². The van der Waals surface area contributed by atoms with Crippen LogP contribution in [0.25, 0.3) is 0 Å². The van der Waals surface area contributed by atoms with Gasteiger partial charge in [-0.3, -0.25) is 4.79 Å². The molecule has 2 rings (SSSR count). The van der Waals surface area contributed by atoms with Crippen molar-refractivity contribution in [2.75, 3.05) is 31.1 Å². The van der Waals surface area contributed by atoms with E-state index in [9.17, 15) is 9.59 Å². The molecular formula is C19H28N2O2. The van der Waals surface area contributed by atoms with E-state index in [4.69, 9.17) is 0 Å². The van der Waals surface area contributed by atoms with Crippen LogP contribution in [0.15, 0.2) is 24.3 Å². The SMILES string of the molecule is CC(=O)CCCC(=O)N1CCN(c2ccc(C(C)C)cc2)CC1. The number of piperazine rings is 1. The predicted molar refractivity (Wildman–Crippen MR) is 93.9 cm³/mol. The lowest BCUT2D eigenvalue weighted by Crippen LogP contribution is -2.48. The van der Waals surface area contributed by atoms with Crippen LogP contribution in [0.4, 0.5) is 5.69 Å². The second kappa shape index (κ2) is 8.14. The lowest BCUT2D eigenvalue weighted by Gasteiger charge is -2.36. The number of rotatable bonds is 6. The van der Waals surface area contributed by atoms with Crippen LogP contribution < -0.4 is 4.90 Å². The highest BCUT2D eigenvalue weighted by molar-refractivity contribution is 5.79. The number of ketones is 1. The van der Waals surface area contributed by atoms with Crippen LogP contribution in [0.3, 0.4) is 0 Å². The molecule has 0 saturated carbocycles. The average Bonchev–Trinajstić information content (AvgIpc) is 2.54. The first kappa shape index (κ1) is 17.5. The Kier molecular flexibility index (Phi) is 6.20. The molecule has 1 amide bonds. The molecular weight excluding hydrogens is 288 g/mol. The van der Waals surface area contributed by atoms with Crippen molar-refractivity contribution in [2.45, 2.75) is 46.0 Å². The van der Waals surface area contributed by atoms with Gasteiger partial charge in [-0.15, -0.1) is 0 Å². The fourth-order valence-electron chi connectivity index (χ4n) is 2.93. The second-order valence-electron chi connectivity index (χ2n) is 6.67. The van der Waals surface area contributed by atoms with Crippen molar-refractivity contribution in [3.63, 3.8) is 0 Å². The molecule has 0 unspecified atom stereocenters. The van der Waals surface area contributed by atoms with E-state index in [1.807, 2.05) is 4.90 Å². The summed E-state index contributed by atoms with van der Waals surface area (Å²) in [6.07, 6.45) is 1.67. The largest absolute Gasteiger partial charge is 0.368 e. The predicted octanol–water partition coefficient (Wildman–Crippen LogP) is 3.22. The summed E-state index contributed by atoms with van der Waals surface area (Å²) >= 11 is 0. The van der Waals surface area contributed by atoms with Crippen molar-refractivity contribution in [1.29, 1.82) is 0 Å². The molecule has 23 heavy (non-hydrogen) atoms. The number of amides is 1. The Morgan fingerprint density at radius 2 is 1.61 bits per heavy atom. The van der Waals surface area contributed by atoms with E-state index in [2.05, 4.69) is 43.0 Å². The molecule has 0 aromatic heterocycles. The summed E-state index contributed by atoms with van der Waals surface area (Å²) in [5.41, 5.74) is 2.59. The highest BCUT2D eigenvalue weighted by Crippen LogP contribution is 2.21. The van der Waals surface area contributed by atoms with Gasteiger partial charge in [0.1, 0.15) is 5.78 Å². The summed E-state index contributed by atoms with van der Waals surface area (Å²) in [6, 6.07) is 8.75. The Bertz CT molecular complexity index is 529. The zero-order valence-electron chi connectivity index (χ0n) is 14.5. The van der Waals surface area contributed by atoms with Crippen molar-refractivity contribution in [3.05, 3.63) is 29.8 Å². The van der Waals surface area contributed by atoms with Crippen LogP contribution in [0.5, 0.6) is 0 Å². The van der Waals surface area contributed by atoms with E-state index in [1.165, 1.54) is 11.3 Å². The number of Topliss-reactive ketones (excluding diaryl/α,β-unsaturated/α-hetero) is 1. The minimum Gasteiger partial charge on any atom is -0.368 e. The smallest absolute Gasteiger partial charge is 0.222 e. The fraction of sp³-hybridized carbons (Fsp3) is 0.579. The normalized spacial score (nSPS) is 15.1. The molecule has 0 bridgehead atoms. The van der Waals surface area contributed by atoms with Crippen LogP contribution in [-0.2, 0) is 9.59 Å². The van der Waals surface area contributed by atoms with Gasteiger partial charge in [0.25, 0.3) is 0 Å². The molecule has 1 aliphatic rings. The van der Waals surface area contributed by atoms with Gasteiger partial charge in [0.15, 0.2) is 0 Å². The maximum atomic E-state index is 12.1. The third-order valence-corrected chi connectivity index (χ3v) is 4.48. The lowest BCUT2D eigenvalue weighted by atomic mass is 10.0. The van der Waals surface area contributed by atoms with Crippen LogP contribution >= 0.6 is 0 Å². The molecule has 0 atom stereocenters. The van der Waals surface area contributed by atoms with Crippen molar-refractivity contribution >= 4 is 17.4 Å². The van der Waals surface area contributed by atoms with Gasteiger partial charge in [-0.25, -0.2) is 0 Å². The van der Waals surface area contributed by atoms with E-state index in [-0.39, 0.29) is 11.7 Å². The summed E-state index contributed by atoms with van der Waals surface area (Å²) in [7, 11) is 0. The second-order valence-corrected chi connectivity index (χ2v) is 6.67. The molecule has 1 aromatic rings. The summed E-state index contributed by atoms with van der Waals surface area (Å²) in [4.78, 5) is 27.3. The Morgan fingerprint density at radius 1 is 1.00 bits per heavy atom. The molecule has 4 heteroatoms. The summed E-state index contributed by atoms with van der Waals surface area (Å²) in [5, 5.41) is 0. The standard InChI is InChI=1S/C19H28N2O2/c1-15(2)17-7-9-18(10-8-17)20-11-13-21(14-12-20)19(23)6-4-5-16(3)22/h7-10,15H,4-6,11-14H2,1-3H3. The highest BCUT2D eigenvalue weighted by Gasteiger charge is 2.21. The average molecular weight is 316 g/mol. The van der Waals surface area contributed by atoms with E-state index in [0.717, 1.165) is 26.2 Å². The maximum Gasteiger partial charge on any atom is 0.222 e. The number of hydrogen-bond donors (Lipinski definition) is 0. The first-order valence-electron chi connectivity index (χ1n) is 8.59. The van der Waals surface area contributed by atoms with Crippen LogP contribution in [0.2, 0.25) is 0 Å². The van der Waals surface area contributed by atoms with Crippen molar-refractivity contribution < 1.29 is 9.59 Å². The molecule has 0 spiro atoms. The molecule has 1 fully saturated rings. The third kappa shape index (κ3) is 5.08. The first-order chi connectivity index (χ1) is 11.0. The van der Waals surface area contributed by atoms with Crippen molar-refractivity contribution in [1.82, 2.24) is 4.90 Å². The first-order valence-corrected chi connectivity index (χ1v) is 8.59. The maximum absolute atomic E-state index is 12.1. The molecule has 1 aromatic carbocycles. The van der Waals surface area contributed by atoms with E-state index < -0.39 is 0 Å². The van der Waals surface area contributed by atoms with Crippen molar-refractivity contribution in [3.8, 4) is 0 Å². The highest BCUT2D eigenvalue weighted by atomic mass is 16.2. The molecule has 1 aliphatic heterocycles. The van der Waals surface area contributed by atoms with Gasteiger partial charge in [0.2, 0.25) is 5.91 Å². The molecule has 0 aliphatic carbocycles. The minimum atomic E-state index is 0.160. The summed E-state index contributed by atoms with van der Waals surface area (Å²) in [6.45, 7) is 9.26. The fourth-order valence-corrected chi connectivity index (χ4v) is 2.93. The van der Waals surface area contributed by atoms with E-state index in [1.54, 1.807) is 6.92 Å². The Hall–Kier alpha value is -1.84. The van der Waals surface area contributed by atoms with Crippen LogP contribution in [0.1, 0.15) is 51.5 Å². The number of hydrogen-bond acceptors (Lipinski definition) is 3. The Balaban J connectivity index is 1.81. The number of benzene rings is 1. The topological polar surface area (TPSA) is 40.6 Å². The van der Waals surface area contributed by atoms with Gasteiger partial charge in [-0.1, -0.05) is 26.0 Å². The van der Waals surface area contributed by atoms with Gasteiger partial charge in [-0.2, -0.15) is 0 Å². The molecule has 1 heterocycles. The van der Waals surface area contributed by atoms with Gasteiger partial charge >= 0.3 is 0 Å². The van der Waals surface area contributed by atoms with Crippen LogP contribution in [-0.4, -0.2) is 42.8 Å². The summed E-state index contributed by atoms with van der Waals surface area (Å²) in [5.74, 6) is 0.891. The Labute approximate surface area is 139 Å². The zero-order chi connectivity index (χ0) is 16.8. The minimum absolute atomic E-state index is 0.160. The number of carbonyl (C=O) groups is 2. The quantitative estimate of drug-likeness (QED) is 0.809. The zero-order valence-corrected chi connectivity index (χ0v) is 14.5. The van der Waals surface area contributed by atoms with Crippen molar-refractivity contribution in [2.24, 2.45) is 0 Å². The number of nitrogens with zero attached hydrogens (tertiary/aromatic N) is 2. The monoisotopic (exact) mass is 316 g/mol. The molecule has 0 radical (unpaired) electrons. The number of carbonyl (C=O) groups excluding carboxylic acids is 2. The molecule has 126 valence electrons. The van der Waals surface area contributed by atoms with Crippen LogP contribution in [0, 0.1) is 0 Å². The molecule has 4 nitrogen and oxygen atoms in total. The molecule has 1 saturated heterocycles. The van der Waals surface area contributed by atoms with E-state index in [0.29, 0.717) is 25.2 Å². The lowest BCUT2D eigenvalue weighted by molar-refractivity contribution is -0.131.